The van der Waals surface area contributed by atoms with Crippen molar-refractivity contribution in [3.05, 3.63) is 81.0 Å². The summed E-state index contributed by atoms with van der Waals surface area (Å²) >= 11 is 9.82. The first-order valence-electron chi connectivity index (χ1n) is 12.2. The summed E-state index contributed by atoms with van der Waals surface area (Å²) in [6, 6.07) is 8.03. The van der Waals surface area contributed by atoms with Gasteiger partial charge in [0.2, 0.25) is 0 Å². The number of rotatable bonds is 9. The first kappa shape index (κ1) is 29.2. The molecule has 0 saturated heterocycles. The fourth-order valence-electron chi connectivity index (χ4n) is 4.51. The smallest absolute Gasteiger partial charge is 0.338 e. The van der Waals surface area contributed by atoms with Crippen molar-refractivity contribution in [2.75, 3.05) is 27.9 Å². The van der Waals surface area contributed by atoms with E-state index in [9.17, 15) is 9.59 Å². The standard InChI is InChI=1S/C28H28ClIN2O6S/c1-6-8-19-23(27(34)38-7-2)24(17-14-16(29)9-10-20(17)35-3)32-26(33)22(39-28(32)31-19)13-15-11-18(30)25(37-5)21(12-15)36-4/h9-14,24H,6-8H2,1-5H3/b22-13+/t24-/m1/s1. The van der Waals surface area contributed by atoms with Gasteiger partial charge in [0.25, 0.3) is 5.56 Å². The van der Waals surface area contributed by atoms with Crippen LogP contribution in [0.1, 0.15) is 43.9 Å². The fraction of sp³-hybridized carbons (Fsp3) is 0.321. The van der Waals surface area contributed by atoms with E-state index in [4.69, 9.17) is 35.5 Å². The van der Waals surface area contributed by atoms with Crippen LogP contribution >= 0.6 is 45.5 Å². The summed E-state index contributed by atoms with van der Waals surface area (Å²) in [6.45, 7) is 3.93. The first-order valence-corrected chi connectivity index (χ1v) is 14.5. The molecule has 0 amide bonds. The van der Waals surface area contributed by atoms with E-state index < -0.39 is 12.0 Å². The van der Waals surface area contributed by atoms with Gasteiger partial charge in [0, 0.05) is 10.6 Å². The van der Waals surface area contributed by atoms with Gasteiger partial charge in [-0.05, 0) is 77.9 Å². The Morgan fingerprint density at radius 1 is 1.13 bits per heavy atom. The Morgan fingerprint density at radius 2 is 1.87 bits per heavy atom. The quantitative estimate of drug-likeness (QED) is 0.237. The van der Waals surface area contributed by atoms with Crippen LogP contribution in [0, 0.1) is 3.57 Å². The van der Waals surface area contributed by atoms with Crippen LogP contribution in [0.25, 0.3) is 6.08 Å². The Morgan fingerprint density at radius 3 is 2.51 bits per heavy atom. The largest absolute Gasteiger partial charge is 0.496 e. The van der Waals surface area contributed by atoms with Crippen molar-refractivity contribution in [2.24, 2.45) is 4.99 Å². The highest BCUT2D eigenvalue weighted by Crippen LogP contribution is 2.38. The van der Waals surface area contributed by atoms with Crippen molar-refractivity contribution in [2.45, 2.75) is 32.7 Å². The van der Waals surface area contributed by atoms with Crippen LogP contribution in [0.2, 0.25) is 5.02 Å². The highest BCUT2D eigenvalue weighted by molar-refractivity contribution is 14.1. The molecule has 0 saturated carbocycles. The molecule has 2 aromatic carbocycles. The number of ether oxygens (including phenoxy) is 4. The zero-order valence-corrected chi connectivity index (χ0v) is 25.9. The summed E-state index contributed by atoms with van der Waals surface area (Å²) in [5, 5.41) is 0.449. The Labute approximate surface area is 248 Å². The number of benzene rings is 2. The van der Waals surface area contributed by atoms with Gasteiger partial charge in [-0.3, -0.25) is 9.36 Å². The number of carbonyl (C=O) groups is 1. The van der Waals surface area contributed by atoms with Crippen molar-refractivity contribution >= 4 is 57.6 Å². The van der Waals surface area contributed by atoms with Crippen LogP contribution < -0.4 is 29.1 Å². The topological polar surface area (TPSA) is 88.4 Å². The number of fused-ring (bicyclic) bond motifs is 1. The normalized spacial score (nSPS) is 15.1. The molecule has 0 N–H and O–H groups in total. The fourth-order valence-corrected chi connectivity index (χ4v) is 6.55. The van der Waals surface area contributed by atoms with Crippen LogP contribution in [-0.2, 0) is 9.53 Å². The minimum atomic E-state index is -0.830. The molecule has 39 heavy (non-hydrogen) atoms. The molecule has 1 atom stereocenters. The molecule has 1 aliphatic heterocycles. The van der Waals surface area contributed by atoms with Gasteiger partial charge < -0.3 is 18.9 Å². The Balaban J connectivity index is 2.04. The molecule has 0 bridgehead atoms. The predicted molar refractivity (Wildman–Crippen MR) is 160 cm³/mol. The van der Waals surface area contributed by atoms with Gasteiger partial charge in [-0.15, -0.1) is 0 Å². The number of esters is 1. The number of carbonyl (C=O) groups excluding carboxylic acids is 1. The number of thiazole rings is 1. The molecule has 0 radical (unpaired) electrons. The molecule has 206 valence electrons. The van der Waals surface area contributed by atoms with Gasteiger partial charge in [0.1, 0.15) is 11.8 Å². The van der Waals surface area contributed by atoms with Crippen molar-refractivity contribution in [3.63, 3.8) is 0 Å². The van der Waals surface area contributed by atoms with E-state index in [1.165, 1.54) is 23.0 Å². The van der Waals surface area contributed by atoms with Gasteiger partial charge in [0.05, 0.1) is 47.3 Å². The second kappa shape index (κ2) is 12.6. The monoisotopic (exact) mass is 682 g/mol. The summed E-state index contributed by atoms with van der Waals surface area (Å²) in [6.07, 6.45) is 3.07. The van der Waals surface area contributed by atoms with E-state index >= 15 is 0 Å². The Kier molecular flexibility index (Phi) is 9.39. The second-order valence-corrected chi connectivity index (χ2v) is 11.1. The zero-order valence-electron chi connectivity index (χ0n) is 22.2. The second-order valence-electron chi connectivity index (χ2n) is 8.54. The summed E-state index contributed by atoms with van der Waals surface area (Å²) in [5.41, 5.74) is 1.92. The van der Waals surface area contributed by atoms with Crippen molar-refractivity contribution in [1.29, 1.82) is 0 Å². The van der Waals surface area contributed by atoms with Crippen LogP contribution in [-0.4, -0.2) is 38.5 Å². The maximum Gasteiger partial charge on any atom is 0.338 e. The highest BCUT2D eigenvalue weighted by Gasteiger charge is 2.36. The molecule has 2 heterocycles. The van der Waals surface area contributed by atoms with Gasteiger partial charge in [-0.1, -0.05) is 36.3 Å². The third-order valence-corrected chi connectivity index (χ3v) is 8.15. The average Bonchev–Trinajstić information content (AvgIpc) is 3.22. The third kappa shape index (κ3) is 5.73. The number of methoxy groups -OCH3 is 3. The van der Waals surface area contributed by atoms with Crippen LogP contribution in [0.15, 0.2) is 51.4 Å². The molecule has 0 fully saturated rings. The number of hydrogen-bond acceptors (Lipinski definition) is 8. The molecule has 4 rings (SSSR count). The summed E-state index contributed by atoms with van der Waals surface area (Å²) < 4.78 is 24.9. The number of allylic oxidation sites excluding steroid dienone is 1. The lowest BCUT2D eigenvalue weighted by molar-refractivity contribution is -0.139. The minimum Gasteiger partial charge on any atom is -0.496 e. The predicted octanol–water partition coefficient (Wildman–Crippen LogP) is 4.86. The zero-order chi connectivity index (χ0) is 28.3. The maximum atomic E-state index is 14.0. The Bertz CT molecular complexity index is 1630. The van der Waals surface area contributed by atoms with Gasteiger partial charge in [-0.2, -0.15) is 0 Å². The molecular weight excluding hydrogens is 655 g/mol. The number of hydrogen-bond donors (Lipinski definition) is 0. The lowest BCUT2D eigenvalue weighted by Gasteiger charge is -2.27. The van der Waals surface area contributed by atoms with Gasteiger partial charge in [0.15, 0.2) is 16.3 Å². The lowest BCUT2D eigenvalue weighted by atomic mass is 9.93. The van der Waals surface area contributed by atoms with Gasteiger partial charge in [-0.25, -0.2) is 9.79 Å². The van der Waals surface area contributed by atoms with E-state index in [1.54, 1.807) is 45.4 Å². The number of aromatic nitrogens is 1. The van der Waals surface area contributed by atoms with Crippen molar-refractivity contribution in [3.8, 4) is 17.2 Å². The molecule has 11 heteroatoms. The van der Waals surface area contributed by atoms with E-state index in [-0.39, 0.29) is 12.2 Å². The molecule has 8 nitrogen and oxygen atoms in total. The van der Waals surface area contributed by atoms with Crippen LogP contribution in [0.5, 0.6) is 17.2 Å². The molecule has 1 aliphatic rings. The van der Waals surface area contributed by atoms with Crippen molar-refractivity contribution < 1.29 is 23.7 Å². The minimum absolute atomic E-state index is 0.184. The SMILES string of the molecule is CCCC1=C(C(=O)OCC)[C@@H](c2cc(Cl)ccc2OC)n2c(s/c(=C/c3cc(I)c(OC)c(OC)c3)c2=O)=N1. The summed E-state index contributed by atoms with van der Waals surface area (Å²) in [7, 11) is 4.68. The Hall–Kier alpha value is -2.83. The molecule has 3 aromatic rings. The van der Waals surface area contributed by atoms with Crippen LogP contribution in [0.3, 0.4) is 0 Å². The average molecular weight is 683 g/mol. The lowest BCUT2D eigenvalue weighted by Crippen LogP contribution is -2.40. The van der Waals surface area contributed by atoms with E-state index in [0.29, 0.717) is 54.9 Å². The van der Waals surface area contributed by atoms with Gasteiger partial charge >= 0.3 is 5.97 Å². The van der Waals surface area contributed by atoms with Crippen LogP contribution in [0.4, 0.5) is 0 Å². The summed E-state index contributed by atoms with van der Waals surface area (Å²) in [4.78, 5) is 32.7. The molecule has 0 spiro atoms. The number of halogens is 2. The molecule has 0 unspecified atom stereocenters. The molecule has 1 aromatic heterocycles. The summed E-state index contributed by atoms with van der Waals surface area (Å²) in [5.74, 6) is 1.14. The number of nitrogens with zero attached hydrogens (tertiary/aromatic N) is 2. The van der Waals surface area contributed by atoms with Crippen molar-refractivity contribution in [1.82, 2.24) is 4.57 Å². The van der Waals surface area contributed by atoms with E-state index in [0.717, 1.165) is 15.6 Å². The molecular formula is C28H28ClIN2O6S. The first-order chi connectivity index (χ1) is 18.8. The molecule has 0 aliphatic carbocycles. The third-order valence-electron chi connectivity index (χ3n) is 6.13. The van der Waals surface area contributed by atoms with E-state index in [2.05, 4.69) is 22.6 Å². The van der Waals surface area contributed by atoms with E-state index in [1.807, 2.05) is 19.1 Å². The highest BCUT2D eigenvalue weighted by atomic mass is 127. The maximum absolute atomic E-state index is 14.0.